The highest BCUT2D eigenvalue weighted by Crippen LogP contribution is 1.99. The molecule has 0 bridgehead atoms. The molecule has 5 heteroatoms. The Balaban J connectivity index is 1.52. The van der Waals surface area contributed by atoms with Gasteiger partial charge in [0.1, 0.15) is 0 Å². The zero-order valence-electron chi connectivity index (χ0n) is 12.3. The Morgan fingerprint density at radius 1 is 1.19 bits per heavy atom. The van der Waals surface area contributed by atoms with Crippen molar-refractivity contribution >= 4 is 12.1 Å². The maximum atomic E-state index is 11.8. The Morgan fingerprint density at radius 2 is 1.95 bits per heavy atom. The lowest BCUT2D eigenvalue weighted by Crippen LogP contribution is -2.51. The van der Waals surface area contributed by atoms with Crippen molar-refractivity contribution in [2.45, 2.75) is 0 Å². The summed E-state index contributed by atoms with van der Waals surface area (Å²) in [5.74, 6) is 0. The first-order valence-corrected chi connectivity index (χ1v) is 7.52. The third kappa shape index (κ3) is 5.97. The van der Waals surface area contributed by atoms with E-state index >= 15 is 0 Å². The maximum absolute atomic E-state index is 11.8. The van der Waals surface area contributed by atoms with E-state index in [0.29, 0.717) is 6.54 Å². The monoisotopic (exact) mass is 288 g/mol. The van der Waals surface area contributed by atoms with Crippen LogP contribution < -0.4 is 16.0 Å². The molecule has 1 aliphatic heterocycles. The molecule has 0 unspecified atom stereocenters. The van der Waals surface area contributed by atoms with Crippen molar-refractivity contribution in [3.8, 4) is 0 Å². The number of nitrogens with zero attached hydrogens (tertiary/aromatic N) is 1. The van der Waals surface area contributed by atoms with Gasteiger partial charge in [-0.1, -0.05) is 42.5 Å². The van der Waals surface area contributed by atoms with Gasteiger partial charge in [-0.05, 0) is 5.56 Å². The van der Waals surface area contributed by atoms with Crippen LogP contribution in [0.25, 0.3) is 6.08 Å². The molecule has 1 aromatic carbocycles. The fourth-order valence-electron chi connectivity index (χ4n) is 2.18. The number of piperazine rings is 1. The number of rotatable bonds is 6. The molecular formula is C16H24N4O. The summed E-state index contributed by atoms with van der Waals surface area (Å²) in [5, 5.41) is 9.45. The summed E-state index contributed by atoms with van der Waals surface area (Å²) >= 11 is 0. The van der Waals surface area contributed by atoms with Crippen LogP contribution in [0.15, 0.2) is 36.4 Å². The quantitative estimate of drug-likeness (QED) is 0.682. The molecule has 1 aliphatic rings. The second kappa shape index (κ2) is 9.15. The van der Waals surface area contributed by atoms with Gasteiger partial charge in [-0.3, -0.25) is 0 Å². The SMILES string of the molecule is O=C(NCCNC/C=C/c1ccccc1)N1CCNCC1. The minimum atomic E-state index is 0.0399. The largest absolute Gasteiger partial charge is 0.337 e. The second-order valence-corrected chi connectivity index (χ2v) is 4.99. The minimum absolute atomic E-state index is 0.0399. The number of benzene rings is 1. The van der Waals surface area contributed by atoms with Crippen LogP contribution in [-0.2, 0) is 0 Å². The summed E-state index contributed by atoms with van der Waals surface area (Å²) in [6, 6.07) is 10.3. The number of nitrogens with one attached hydrogen (secondary N) is 3. The molecule has 1 aromatic rings. The molecule has 1 saturated heterocycles. The third-order valence-electron chi connectivity index (χ3n) is 3.35. The summed E-state index contributed by atoms with van der Waals surface area (Å²) in [6.07, 6.45) is 4.18. The number of hydrogen-bond acceptors (Lipinski definition) is 3. The molecule has 0 saturated carbocycles. The fourth-order valence-corrected chi connectivity index (χ4v) is 2.18. The highest BCUT2D eigenvalue weighted by atomic mass is 16.2. The van der Waals surface area contributed by atoms with Crippen molar-refractivity contribution in [2.75, 3.05) is 45.8 Å². The Hall–Kier alpha value is -1.85. The predicted molar refractivity (Wildman–Crippen MR) is 86.2 cm³/mol. The molecular weight excluding hydrogens is 264 g/mol. The predicted octanol–water partition coefficient (Wildman–Crippen LogP) is 0.904. The van der Waals surface area contributed by atoms with Gasteiger partial charge in [-0.25, -0.2) is 4.79 Å². The first-order valence-electron chi connectivity index (χ1n) is 7.52. The van der Waals surface area contributed by atoms with Gasteiger partial charge in [0.15, 0.2) is 0 Å². The van der Waals surface area contributed by atoms with E-state index in [4.69, 9.17) is 0 Å². The van der Waals surface area contributed by atoms with E-state index in [0.717, 1.165) is 39.3 Å². The lowest BCUT2D eigenvalue weighted by atomic mass is 10.2. The van der Waals surface area contributed by atoms with Gasteiger partial charge in [0.2, 0.25) is 0 Å². The average Bonchev–Trinajstić information content (AvgIpc) is 2.55. The number of carbonyl (C=O) groups excluding carboxylic acids is 1. The van der Waals surface area contributed by atoms with Crippen molar-refractivity contribution in [1.29, 1.82) is 0 Å². The number of urea groups is 1. The number of carbonyl (C=O) groups is 1. The summed E-state index contributed by atoms with van der Waals surface area (Å²) in [4.78, 5) is 13.7. The van der Waals surface area contributed by atoms with Crippen molar-refractivity contribution < 1.29 is 4.79 Å². The molecule has 2 amide bonds. The fraction of sp³-hybridized carbons (Fsp3) is 0.438. The Bertz CT molecular complexity index is 441. The highest BCUT2D eigenvalue weighted by molar-refractivity contribution is 5.74. The van der Waals surface area contributed by atoms with E-state index in [-0.39, 0.29) is 6.03 Å². The van der Waals surface area contributed by atoms with Crippen molar-refractivity contribution in [3.05, 3.63) is 42.0 Å². The van der Waals surface area contributed by atoms with E-state index in [2.05, 4.69) is 40.2 Å². The van der Waals surface area contributed by atoms with Crippen LogP contribution in [0.5, 0.6) is 0 Å². The maximum Gasteiger partial charge on any atom is 0.317 e. The van der Waals surface area contributed by atoms with Crippen LogP contribution >= 0.6 is 0 Å². The third-order valence-corrected chi connectivity index (χ3v) is 3.35. The molecule has 5 nitrogen and oxygen atoms in total. The molecule has 0 radical (unpaired) electrons. The van der Waals surface area contributed by atoms with Crippen LogP contribution in [0.3, 0.4) is 0 Å². The summed E-state index contributed by atoms with van der Waals surface area (Å²) in [6.45, 7) is 5.58. The Morgan fingerprint density at radius 3 is 2.71 bits per heavy atom. The van der Waals surface area contributed by atoms with E-state index < -0.39 is 0 Å². The summed E-state index contributed by atoms with van der Waals surface area (Å²) in [5.41, 5.74) is 1.20. The van der Waals surface area contributed by atoms with Crippen LogP contribution in [-0.4, -0.2) is 56.7 Å². The first kappa shape index (κ1) is 15.5. The van der Waals surface area contributed by atoms with Crippen LogP contribution in [0.1, 0.15) is 5.56 Å². The molecule has 3 N–H and O–H groups in total. The lowest BCUT2D eigenvalue weighted by molar-refractivity contribution is 0.190. The van der Waals surface area contributed by atoms with Gasteiger partial charge in [0, 0.05) is 45.8 Å². The normalized spacial score (nSPS) is 15.3. The molecule has 1 fully saturated rings. The van der Waals surface area contributed by atoms with Gasteiger partial charge in [0.25, 0.3) is 0 Å². The molecule has 0 spiro atoms. The van der Waals surface area contributed by atoms with Gasteiger partial charge < -0.3 is 20.9 Å². The smallest absolute Gasteiger partial charge is 0.317 e. The van der Waals surface area contributed by atoms with Gasteiger partial charge in [-0.15, -0.1) is 0 Å². The summed E-state index contributed by atoms with van der Waals surface area (Å²) in [7, 11) is 0. The summed E-state index contributed by atoms with van der Waals surface area (Å²) < 4.78 is 0. The molecule has 21 heavy (non-hydrogen) atoms. The van der Waals surface area contributed by atoms with Gasteiger partial charge in [-0.2, -0.15) is 0 Å². The van der Waals surface area contributed by atoms with E-state index in [1.165, 1.54) is 5.56 Å². The topological polar surface area (TPSA) is 56.4 Å². The zero-order valence-corrected chi connectivity index (χ0v) is 12.3. The number of hydrogen-bond donors (Lipinski definition) is 3. The van der Waals surface area contributed by atoms with Gasteiger partial charge in [0.05, 0.1) is 0 Å². The Labute approximate surface area is 126 Å². The molecule has 1 heterocycles. The molecule has 0 atom stereocenters. The van der Waals surface area contributed by atoms with E-state index in [1.54, 1.807) is 0 Å². The minimum Gasteiger partial charge on any atom is -0.337 e. The molecule has 0 aliphatic carbocycles. The van der Waals surface area contributed by atoms with Crippen molar-refractivity contribution in [3.63, 3.8) is 0 Å². The van der Waals surface area contributed by atoms with Crippen molar-refractivity contribution in [2.24, 2.45) is 0 Å². The first-order chi connectivity index (χ1) is 10.4. The second-order valence-electron chi connectivity index (χ2n) is 4.99. The molecule has 2 rings (SSSR count). The van der Waals surface area contributed by atoms with Crippen LogP contribution in [0, 0.1) is 0 Å². The van der Waals surface area contributed by atoms with Crippen LogP contribution in [0.4, 0.5) is 4.79 Å². The Kier molecular flexibility index (Phi) is 6.77. The van der Waals surface area contributed by atoms with E-state index in [9.17, 15) is 4.79 Å². The molecule has 0 aromatic heterocycles. The zero-order chi connectivity index (χ0) is 14.8. The van der Waals surface area contributed by atoms with Crippen LogP contribution in [0.2, 0.25) is 0 Å². The standard InChI is InChI=1S/C16H24N4O/c21-16(20-13-11-18-12-14-20)19-10-9-17-8-4-7-15-5-2-1-3-6-15/h1-7,17-18H,8-14H2,(H,19,21)/b7-4+. The lowest BCUT2D eigenvalue weighted by Gasteiger charge is -2.27. The highest BCUT2D eigenvalue weighted by Gasteiger charge is 2.14. The average molecular weight is 288 g/mol. The van der Waals surface area contributed by atoms with Gasteiger partial charge >= 0.3 is 6.03 Å². The van der Waals surface area contributed by atoms with Crippen molar-refractivity contribution in [1.82, 2.24) is 20.9 Å². The molecule has 114 valence electrons. The number of amides is 2. The van der Waals surface area contributed by atoms with E-state index in [1.807, 2.05) is 23.1 Å².